The lowest BCUT2D eigenvalue weighted by Crippen LogP contribution is -2.49. The third kappa shape index (κ3) is 2.87. The van der Waals surface area contributed by atoms with Crippen LogP contribution in [0.1, 0.15) is 34.6 Å². The number of hydrogen-bond donors (Lipinski definition) is 1. The van der Waals surface area contributed by atoms with Crippen LogP contribution in [-0.4, -0.2) is 59.9 Å². The number of ether oxygens (including phenoxy) is 3. The van der Waals surface area contributed by atoms with Gasteiger partial charge in [-0.2, -0.15) is 0 Å². The first kappa shape index (κ1) is 17.4. The molecule has 1 aromatic carbocycles. The van der Waals surface area contributed by atoms with Gasteiger partial charge in [-0.15, -0.1) is 0 Å². The van der Waals surface area contributed by atoms with Crippen LogP contribution in [0.2, 0.25) is 0 Å². The summed E-state index contributed by atoms with van der Waals surface area (Å²) in [7, 11) is 0. The van der Waals surface area contributed by atoms with E-state index in [1.54, 1.807) is 13.8 Å². The van der Waals surface area contributed by atoms with Crippen molar-refractivity contribution in [2.24, 2.45) is 5.92 Å². The molecule has 3 rings (SSSR count). The summed E-state index contributed by atoms with van der Waals surface area (Å²) >= 11 is 0. The van der Waals surface area contributed by atoms with E-state index in [9.17, 15) is 19.5 Å². The Balaban J connectivity index is 1.90. The van der Waals surface area contributed by atoms with Crippen LogP contribution in [0.15, 0.2) is 18.2 Å². The van der Waals surface area contributed by atoms with Gasteiger partial charge in [-0.05, 0) is 26.0 Å². The van der Waals surface area contributed by atoms with Gasteiger partial charge in [0.2, 0.25) is 0 Å². The van der Waals surface area contributed by atoms with Crippen LogP contribution in [0.5, 0.6) is 5.75 Å². The van der Waals surface area contributed by atoms with Gasteiger partial charge < -0.3 is 19.3 Å². The Morgan fingerprint density at radius 2 is 2.00 bits per heavy atom. The predicted octanol–water partition coefficient (Wildman–Crippen LogP) is 0.930. The molecule has 2 aliphatic heterocycles. The number of aromatic hydroxyl groups is 1. The molecule has 0 aromatic heterocycles. The topological polar surface area (TPSA) is 102 Å². The van der Waals surface area contributed by atoms with E-state index in [1.807, 2.05) is 0 Å². The molecule has 1 aromatic rings. The van der Waals surface area contributed by atoms with Gasteiger partial charge in [-0.25, -0.2) is 0 Å². The number of phenolic OH excluding ortho intramolecular Hbond substituents is 1. The van der Waals surface area contributed by atoms with Gasteiger partial charge in [-0.1, -0.05) is 6.07 Å². The third-order valence-electron chi connectivity index (χ3n) is 4.41. The number of nitrogens with zero attached hydrogens (tertiary/aromatic N) is 1. The Bertz CT molecular complexity index is 724. The molecule has 0 spiro atoms. The molecule has 8 heteroatoms. The standard InChI is InChI=1S/C17H19NO7/c1-3-23-16(22)11(17(2)24-7-8-25-17)9-18-14(20)10-5-4-6-12(19)13(10)15(18)21/h4-6,11,19H,3,7-9H2,1-2H3. The normalized spacial score (nSPS) is 19.8. The van der Waals surface area contributed by atoms with E-state index >= 15 is 0 Å². The number of benzene rings is 1. The fourth-order valence-corrected chi connectivity index (χ4v) is 3.09. The lowest BCUT2D eigenvalue weighted by atomic mass is 9.99. The number of hydrogen-bond acceptors (Lipinski definition) is 7. The molecule has 0 saturated carbocycles. The van der Waals surface area contributed by atoms with Crippen molar-refractivity contribution in [1.82, 2.24) is 4.90 Å². The van der Waals surface area contributed by atoms with Gasteiger partial charge in [-0.3, -0.25) is 19.3 Å². The lowest BCUT2D eigenvalue weighted by molar-refractivity contribution is -0.201. The zero-order chi connectivity index (χ0) is 18.2. The molecule has 0 bridgehead atoms. The molecule has 1 fully saturated rings. The van der Waals surface area contributed by atoms with Crippen molar-refractivity contribution in [1.29, 1.82) is 0 Å². The minimum absolute atomic E-state index is 0.0616. The Hall–Kier alpha value is -2.45. The molecule has 0 radical (unpaired) electrons. The van der Waals surface area contributed by atoms with Crippen LogP contribution < -0.4 is 0 Å². The van der Waals surface area contributed by atoms with Crippen molar-refractivity contribution in [3.63, 3.8) is 0 Å². The molecule has 134 valence electrons. The van der Waals surface area contributed by atoms with E-state index < -0.39 is 29.5 Å². The fourth-order valence-electron chi connectivity index (χ4n) is 3.09. The summed E-state index contributed by atoms with van der Waals surface area (Å²) in [5.41, 5.74) is 0.0412. The summed E-state index contributed by atoms with van der Waals surface area (Å²) in [4.78, 5) is 38.4. The number of fused-ring (bicyclic) bond motifs is 1. The molecule has 1 N–H and O–H groups in total. The van der Waals surface area contributed by atoms with Crippen LogP contribution in [-0.2, 0) is 19.0 Å². The van der Waals surface area contributed by atoms with Crippen LogP contribution in [0, 0.1) is 5.92 Å². The summed E-state index contributed by atoms with van der Waals surface area (Å²) in [6, 6.07) is 4.27. The van der Waals surface area contributed by atoms with Gasteiger partial charge in [0.05, 0.1) is 30.9 Å². The smallest absolute Gasteiger partial charge is 0.316 e. The molecule has 2 heterocycles. The maximum Gasteiger partial charge on any atom is 0.316 e. The second-order valence-corrected chi connectivity index (χ2v) is 5.94. The van der Waals surface area contributed by atoms with Gasteiger partial charge in [0, 0.05) is 6.54 Å². The number of rotatable bonds is 5. The van der Waals surface area contributed by atoms with E-state index in [0.29, 0.717) is 13.2 Å². The molecule has 2 amide bonds. The highest BCUT2D eigenvalue weighted by molar-refractivity contribution is 6.22. The average molecular weight is 349 g/mol. The molecule has 1 atom stereocenters. The van der Waals surface area contributed by atoms with Crippen molar-refractivity contribution >= 4 is 17.8 Å². The third-order valence-corrected chi connectivity index (χ3v) is 4.41. The fraction of sp³-hybridized carbons (Fsp3) is 0.471. The SMILES string of the molecule is CCOC(=O)C(CN1C(=O)c2cccc(O)c2C1=O)C1(C)OCCO1. The molecule has 25 heavy (non-hydrogen) atoms. The number of phenols is 1. The minimum Gasteiger partial charge on any atom is -0.507 e. The van der Waals surface area contributed by atoms with E-state index in [4.69, 9.17) is 14.2 Å². The Labute approximate surface area is 144 Å². The van der Waals surface area contributed by atoms with Crippen LogP contribution in [0.3, 0.4) is 0 Å². The molecular formula is C17H19NO7. The first-order chi connectivity index (χ1) is 11.9. The van der Waals surface area contributed by atoms with Gasteiger partial charge in [0.15, 0.2) is 5.79 Å². The Morgan fingerprint density at radius 1 is 1.32 bits per heavy atom. The average Bonchev–Trinajstić information content (AvgIpc) is 3.10. The largest absolute Gasteiger partial charge is 0.507 e. The summed E-state index contributed by atoms with van der Waals surface area (Å²) in [6.07, 6.45) is 0. The van der Waals surface area contributed by atoms with Crippen molar-refractivity contribution in [3.05, 3.63) is 29.3 Å². The zero-order valence-electron chi connectivity index (χ0n) is 14.0. The summed E-state index contributed by atoms with van der Waals surface area (Å²) in [5.74, 6) is -4.41. The molecular weight excluding hydrogens is 330 g/mol. The summed E-state index contributed by atoms with van der Waals surface area (Å²) in [5, 5.41) is 9.89. The molecule has 1 saturated heterocycles. The number of carbonyl (C=O) groups excluding carboxylic acids is 3. The predicted molar refractivity (Wildman–Crippen MR) is 83.9 cm³/mol. The summed E-state index contributed by atoms with van der Waals surface area (Å²) in [6.45, 7) is 3.73. The van der Waals surface area contributed by atoms with Crippen molar-refractivity contribution in [3.8, 4) is 5.75 Å². The van der Waals surface area contributed by atoms with Crippen molar-refractivity contribution < 1.29 is 33.7 Å². The molecule has 8 nitrogen and oxygen atoms in total. The first-order valence-corrected chi connectivity index (χ1v) is 8.01. The number of amides is 2. The quantitative estimate of drug-likeness (QED) is 0.623. The maximum absolute atomic E-state index is 12.6. The minimum atomic E-state index is -1.29. The first-order valence-electron chi connectivity index (χ1n) is 8.01. The number of esters is 1. The van der Waals surface area contributed by atoms with Gasteiger partial charge in [0.1, 0.15) is 11.7 Å². The van der Waals surface area contributed by atoms with Crippen LogP contribution in [0.25, 0.3) is 0 Å². The highest BCUT2D eigenvalue weighted by Crippen LogP contribution is 2.34. The summed E-state index contributed by atoms with van der Waals surface area (Å²) < 4.78 is 16.1. The number of imide groups is 1. The molecule has 1 unspecified atom stereocenters. The van der Waals surface area contributed by atoms with Gasteiger partial charge >= 0.3 is 5.97 Å². The molecule has 0 aliphatic carbocycles. The lowest BCUT2D eigenvalue weighted by Gasteiger charge is -2.32. The second kappa shape index (κ2) is 6.45. The number of carbonyl (C=O) groups is 3. The van der Waals surface area contributed by atoms with E-state index in [0.717, 1.165) is 4.90 Å². The second-order valence-electron chi connectivity index (χ2n) is 5.94. The zero-order valence-corrected chi connectivity index (χ0v) is 14.0. The Kier molecular flexibility index (Phi) is 4.49. The van der Waals surface area contributed by atoms with Crippen molar-refractivity contribution in [2.75, 3.05) is 26.4 Å². The highest BCUT2D eigenvalue weighted by atomic mass is 16.7. The van der Waals surface area contributed by atoms with Crippen LogP contribution >= 0.6 is 0 Å². The van der Waals surface area contributed by atoms with Crippen molar-refractivity contribution in [2.45, 2.75) is 19.6 Å². The van der Waals surface area contributed by atoms with E-state index in [-0.39, 0.29) is 30.0 Å². The van der Waals surface area contributed by atoms with E-state index in [2.05, 4.69) is 0 Å². The maximum atomic E-state index is 12.6. The highest BCUT2D eigenvalue weighted by Gasteiger charge is 2.49. The molecule has 2 aliphatic rings. The van der Waals surface area contributed by atoms with Crippen LogP contribution in [0.4, 0.5) is 0 Å². The van der Waals surface area contributed by atoms with E-state index in [1.165, 1.54) is 18.2 Å². The Morgan fingerprint density at radius 3 is 2.60 bits per heavy atom. The monoisotopic (exact) mass is 349 g/mol. The van der Waals surface area contributed by atoms with Gasteiger partial charge in [0.25, 0.3) is 11.8 Å².